The minimum Gasteiger partial charge on any atom is -0.409 e. The second kappa shape index (κ2) is 7.50. The van der Waals surface area contributed by atoms with Crippen molar-refractivity contribution < 1.29 is 5.21 Å². The molecule has 20 heavy (non-hydrogen) atoms. The van der Waals surface area contributed by atoms with Gasteiger partial charge in [-0.15, -0.1) is 0 Å². The van der Waals surface area contributed by atoms with E-state index in [0.717, 1.165) is 29.4 Å². The van der Waals surface area contributed by atoms with Crippen molar-refractivity contribution in [2.75, 3.05) is 6.54 Å². The van der Waals surface area contributed by atoms with E-state index in [9.17, 15) is 0 Å². The predicted molar refractivity (Wildman–Crippen MR) is 81.2 cm³/mol. The van der Waals surface area contributed by atoms with E-state index in [2.05, 4.69) is 29.0 Å². The molecule has 0 aromatic carbocycles. The van der Waals surface area contributed by atoms with Crippen LogP contribution in [0.15, 0.2) is 5.16 Å². The van der Waals surface area contributed by atoms with Crippen molar-refractivity contribution in [3.63, 3.8) is 0 Å². The zero-order chi connectivity index (χ0) is 15.3. The molecule has 114 valence electrons. The highest BCUT2D eigenvalue weighted by Crippen LogP contribution is 2.23. The number of aromatic nitrogens is 2. The minimum absolute atomic E-state index is 0.188. The molecule has 0 radical (unpaired) electrons. The van der Waals surface area contributed by atoms with Gasteiger partial charge in [0.15, 0.2) is 5.84 Å². The molecule has 7 heteroatoms. The highest BCUT2D eigenvalue weighted by molar-refractivity contribution is 6.31. The van der Waals surface area contributed by atoms with Crippen LogP contribution in [0.25, 0.3) is 0 Å². The number of amidine groups is 1. The average molecular weight is 302 g/mol. The summed E-state index contributed by atoms with van der Waals surface area (Å²) in [4.78, 5) is 2.09. The molecule has 0 bridgehead atoms. The lowest BCUT2D eigenvalue weighted by molar-refractivity contribution is 0.232. The van der Waals surface area contributed by atoms with Crippen molar-refractivity contribution in [2.24, 2.45) is 10.9 Å². The molecule has 0 fully saturated rings. The standard InChI is InChI=1S/C13H24ClN5O/c1-5-10-13(14)11(19(6-2)16-10)7-18(9(3)4)8-12(15)17-20/h9,20H,5-8H2,1-4H3,(H2,15,17). The molecular weight excluding hydrogens is 278 g/mol. The molecule has 0 amide bonds. The van der Waals surface area contributed by atoms with Gasteiger partial charge in [-0.2, -0.15) is 5.10 Å². The van der Waals surface area contributed by atoms with Crippen molar-refractivity contribution >= 4 is 17.4 Å². The maximum atomic E-state index is 8.72. The minimum atomic E-state index is 0.188. The third-order valence-electron chi connectivity index (χ3n) is 3.27. The molecule has 1 aromatic heterocycles. The van der Waals surface area contributed by atoms with Gasteiger partial charge in [-0.05, 0) is 27.2 Å². The molecule has 0 aliphatic heterocycles. The molecule has 0 unspecified atom stereocenters. The molecule has 0 spiro atoms. The summed E-state index contributed by atoms with van der Waals surface area (Å²) in [5, 5.41) is 17.0. The average Bonchev–Trinajstić information content (AvgIpc) is 2.73. The van der Waals surface area contributed by atoms with Gasteiger partial charge in [-0.3, -0.25) is 9.58 Å². The molecule has 0 aliphatic rings. The van der Waals surface area contributed by atoms with E-state index >= 15 is 0 Å². The number of aryl methyl sites for hydroxylation is 2. The lowest BCUT2D eigenvalue weighted by atomic mass is 10.2. The third kappa shape index (κ3) is 3.86. The summed E-state index contributed by atoms with van der Waals surface area (Å²) >= 11 is 6.41. The Bertz CT molecular complexity index is 470. The Kier molecular flexibility index (Phi) is 6.29. The topological polar surface area (TPSA) is 79.7 Å². The van der Waals surface area contributed by atoms with Crippen LogP contribution < -0.4 is 5.73 Å². The highest BCUT2D eigenvalue weighted by Gasteiger charge is 2.19. The Labute approximate surface area is 125 Å². The van der Waals surface area contributed by atoms with Crippen LogP contribution in [0.5, 0.6) is 0 Å². The molecule has 3 N–H and O–H groups in total. The SMILES string of the molecule is CCc1nn(CC)c(CN(CC(N)=NO)C(C)C)c1Cl. The summed E-state index contributed by atoms with van der Waals surface area (Å²) in [6.07, 6.45) is 0.806. The van der Waals surface area contributed by atoms with Crippen LogP contribution in [-0.2, 0) is 19.5 Å². The maximum Gasteiger partial charge on any atom is 0.153 e. The Morgan fingerprint density at radius 3 is 2.60 bits per heavy atom. The number of hydrogen-bond donors (Lipinski definition) is 2. The van der Waals surface area contributed by atoms with Crippen LogP contribution in [0.1, 0.15) is 39.1 Å². The maximum absolute atomic E-state index is 8.72. The summed E-state index contributed by atoms with van der Waals surface area (Å²) in [5.41, 5.74) is 7.50. The van der Waals surface area contributed by atoms with E-state index in [4.69, 9.17) is 22.5 Å². The summed E-state index contributed by atoms with van der Waals surface area (Å²) in [6, 6.07) is 0.247. The van der Waals surface area contributed by atoms with Crippen LogP contribution >= 0.6 is 11.6 Å². The van der Waals surface area contributed by atoms with Crippen molar-refractivity contribution in [3.8, 4) is 0 Å². The molecule has 0 aliphatic carbocycles. The normalized spacial score (nSPS) is 12.7. The molecule has 1 heterocycles. The van der Waals surface area contributed by atoms with Gasteiger partial charge in [0.25, 0.3) is 0 Å². The van der Waals surface area contributed by atoms with Crippen LogP contribution in [-0.4, -0.2) is 38.3 Å². The molecule has 1 rings (SSSR count). The first-order valence-corrected chi connectivity index (χ1v) is 7.26. The van der Waals surface area contributed by atoms with Gasteiger partial charge in [-0.1, -0.05) is 23.7 Å². The smallest absolute Gasteiger partial charge is 0.153 e. The van der Waals surface area contributed by atoms with Crippen LogP contribution in [0, 0.1) is 0 Å². The first-order chi connectivity index (χ1) is 9.44. The molecule has 0 saturated carbocycles. The lowest BCUT2D eigenvalue weighted by Crippen LogP contribution is -2.38. The molecule has 0 saturated heterocycles. The summed E-state index contributed by atoms with van der Waals surface area (Å²) < 4.78 is 1.92. The molecule has 6 nitrogen and oxygen atoms in total. The van der Waals surface area contributed by atoms with Crippen LogP contribution in [0.4, 0.5) is 0 Å². The Morgan fingerprint density at radius 1 is 1.50 bits per heavy atom. The number of halogens is 1. The van der Waals surface area contributed by atoms with Gasteiger partial charge in [0.2, 0.25) is 0 Å². The fourth-order valence-corrected chi connectivity index (χ4v) is 2.35. The van der Waals surface area contributed by atoms with Crippen LogP contribution in [0.2, 0.25) is 5.02 Å². The number of nitrogens with two attached hydrogens (primary N) is 1. The summed E-state index contributed by atoms with van der Waals surface area (Å²) in [5.74, 6) is 0.188. The van der Waals surface area contributed by atoms with Crippen LogP contribution in [0.3, 0.4) is 0 Å². The Morgan fingerprint density at radius 2 is 2.15 bits per heavy atom. The van der Waals surface area contributed by atoms with Crippen molar-refractivity contribution in [1.82, 2.24) is 14.7 Å². The fourth-order valence-electron chi connectivity index (χ4n) is 2.02. The largest absolute Gasteiger partial charge is 0.409 e. The van der Waals surface area contributed by atoms with Gasteiger partial charge in [0.1, 0.15) is 0 Å². The monoisotopic (exact) mass is 301 g/mol. The second-order valence-electron chi connectivity index (χ2n) is 4.97. The van der Waals surface area contributed by atoms with E-state index < -0.39 is 0 Å². The van der Waals surface area contributed by atoms with Crippen molar-refractivity contribution in [2.45, 2.75) is 53.2 Å². The zero-order valence-electron chi connectivity index (χ0n) is 12.6. The molecule has 0 atom stereocenters. The van der Waals surface area contributed by atoms with Crippen molar-refractivity contribution in [1.29, 1.82) is 0 Å². The van der Waals surface area contributed by atoms with E-state index in [0.29, 0.717) is 13.1 Å². The van der Waals surface area contributed by atoms with E-state index in [1.165, 1.54) is 0 Å². The summed E-state index contributed by atoms with van der Waals surface area (Å²) in [7, 11) is 0. The molecular formula is C13H24ClN5O. The third-order valence-corrected chi connectivity index (χ3v) is 3.71. The number of oxime groups is 1. The number of nitrogens with zero attached hydrogens (tertiary/aromatic N) is 4. The van der Waals surface area contributed by atoms with Gasteiger partial charge in [0.05, 0.1) is 23.0 Å². The lowest BCUT2D eigenvalue weighted by Gasteiger charge is -2.26. The summed E-state index contributed by atoms with van der Waals surface area (Å²) in [6.45, 7) is 9.97. The number of hydrogen-bond acceptors (Lipinski definition) is 4. The Hall–Kier alpha value is -1.27. The van der Waals surface area contributed by atoms with E-state index in [1.807, 2.05) is 18.5 Å². The zero-order valence-corrected chi connectivity index (χ0v) is 13.4. The fraction of sp³-hybridized carbons (Fsp3) is 0.692. The predicted octanol–water partition coefficient (Wildman–Crippen LogP) is 2.08. The quantitative estimate of drug-likeness (QED) is 0.350. The van der Waals surface area contributed by atoms with Gasteiger partial charge < -0.3 is 10.9 Å². The van der Waals surface area contributed by atoms with E-state index in [1.54, 1.807) is 0 Å². The van der Waals surface area contributed by atoms with Gasteiger partial charge >= 0.3 is 0 Å². The van der Waals surface area contributed by atoms with Crippen molar-refractivity contribution in [3.05, 3.63) is 16.4 Å². The molecule has 1 aromatic rings. The Balaban J connectivity index is 3.01. The van der Waals surface area contributed by atoms with E-state index in [-0.39, 0.29) is 11.9 Å². The first kappa shape index (κ1) is 16.8. The second-order valence-corrected chi connectivity index (χ2v) is 5.34. The number of rotatable bonds is 7. The highest BCUT2D eigenvalue weighted by atomic mass is 35.5. The van der Waals surface area contributed by atoms with Gasteiger partial charge in [-0.25, -0.2) is 0 Å². The van der Waals surface area contributed by atoms with Gasteiger partial charge in [0, 0.05) is 19.1 Å². The first-order valence-electron chi connectivity index (χ1n) is 6.88.